The highest BCUT2D eigenvalue weighted by Gasteiger charge is 2.38. The molecule has 10 heteroatoms. The first-order valence-corrected chi connectivity index (χ1v) is 6.31. The van der Waals surface area contributed by atoms with Crippen LogP contribution >= 0.6 is 0 Å². The number of benzene rings is 1. The molecule has 0 radical (unpaired) electrons. The van der Waals surface area contributed by atoms with E-state index in [-0.39, 0.29) is 5.69 Å². The SMILES string of the molecule is O=[N+]([O-])c1ccc(NCCCn2ccnn2)cc1C(F)(F)F. The zero-order chi connectivity index (χ0) is 16.2. The van der Waals surface area contributed by atoms with E-state index in [1.54, 1.807) is 10.9 Å². The number of anilines is 1. The van der Waals surface area contributed by atoms with Gasteiger partial charge in [0.05, 0.1) is 11.1 Å². The van der Waals surface area contributed by atoms with Gasteiger partial charge < -0.3 is 5.32 Å². The average molecular weight is 315 g/mol. The lowest BCUT2D eigenvalue weighted by atomic mass is 10.1. The molecule has 22 heavy (non-hydrogen) atoms. The highest BCUT2D eigenvalue weighted by Crippen LogP contribution is 2.37. The van der Waals surface area contributed by atoms with Gasteiger partial charge in [-0.15, -0.1) is 5.10 Å². The van der Waals surface area contributed by atoms with Gasteiger partial charge in [-0.25, -0.2) is 0 Å². The molecule has 0 saturated heterocycles. The molecule has 1 N–H and O–H groups in total. The van der Waals surface area contributed by atoms with Gasteiger partial charge >= 0.3 is 6.18 Å². The van der Waals surface area contributed by atoms with Crippen molar-refractivity contribution >= 4 is 11.4 Å². The van der Waals surface area contributed by atoms with Gasteiger partial charge in [-0.1, -0.05) is 5.21 Å². The summed E-state index contributed by atoms with van der Waals surface area (Å²) in [6, 6.07) is 2.85. The van der Waals surface area contributed by atoms with E-state index >= 15 is 0 Å². The number of hydrogen-bond donors (Lipinski definition) is 1. The van der Waals surface area contributed by atoms with E-state index in [2.05, 4.69) is 15.6 Å². The van der Waals surface area contributed by atoms with Crippen LogP contribution in [0.2, 0.25) is 0 Å². The summed E-state index contributed by atoms with van der Waals surface area (Å²) in [5.41, 5.74) is -2.05. The minimum atomic E-state index is -4.78. The van der Waals surface area contributed by atoms with Crippen molar-refractivity contribution in [1.82, 2.24) is 15.0 Å². The maximum Gasteiger partial charge on any atom is 0.423 e. The third-order valence-corrected chi connectivity index (χ3v) is 2.86. The Hall–Kier alpha value is -2.65. The molecule has 0 bridgehead atoms. The second-order valence-corrected chi connectivity index (χ2v) is 4.43. The van der Waals surface area contributed by atoms with E-state index in [4.69, 9.17) is 0 Å². The third-order valence-electron chi connectivity index (χ3n) is 2.86. The van der Waals surface area contributed by atoms with E-state index in [1.165, 1.54) is 12.3 Å². The fourth-order valence-corrected chi connectivity index (χ4v) is 1.86. The largest absolute Gasteiger partial charge is 0.423 e. The fourth-order valence-electron chi connectivity index (χ4n) is 1.86. The molecule has 0 saturated carbocycles. The lowest BCUT2D eigenvalue weighted by Gasteiger charge is -2.11. The number of nitrogens with one attached hydrogen (secondary N) is 1. The number of rotatable bonds is 6. The van der Waals surface area contributed by atoms with Crippen molar-refractivity contribution in [2.75, 3.05) is 11.9 Å². The Kier molecular flexibility index (Phi) is 4.59. The van der Waals surface area contributed by atoms with Gasteiger partial charge in [0.15, 0.2) is 0 Å². The molecule has 0 aliphatic rings. The number of nitrogens with zero attached hydrogens (tertiary/aromatic N) is 4. The van der Waals surface area contributed by atoms with E-state index in [9.17, 15) is 23.3 Å². The van der Waals surface area contributed by atoms with Crippen LogP contribution in [0.5, 0.6) is 0 Å². The highest BCUT2D eigenvalue weighted by atomic mass is 19.4. The Labute approximate surface area is 122 Å². The molecular formula is C12H12F3N5O2. The smallest absolute Gasteiger partial charge is 0.385 e. The van der Waals surface area contributed by atoms with Crippen molar-refractivity contribution in [3.8, 4) is 0 Å². The first-order chi connectivity index (χ1) is 10.4. The molecule has 1 aromatic heterocycles. The normalized spacial score (nSPS) is 11.4. The molecule has 2 rings (SSSR count). The zero-order valence-corrected chi connectivity index (χ0v) is 11.2. The number of hydrogen-bond acceptors (Lipinski definition) is 5. The quantitative estimate of drug-likeness (QED) is 0.503. The summed E-state index contributed by atoms with van der Waals surface area (Å²) in [6.07, 6.45) is -0.963. The van der Waals surface area contributed by atoms with Crippen LogP contribution in [0.3, 0.4) is 0 Å². The second kappa shape index (κ2) is 6.41. The number of halogens is 3. The topological polar surface area (TPSA) is 85.9 Å². The van der Waals surface area contributed by atoms with E-state index in [1.807, 2.05) is 0 Å². The van der Waals surface area contributed by atoms with Gasteiger partial charge in [0.25, 0.3) is 5.69 Å². The van der Waals surface area contributed by atoms with E-state index < -0.39 is 22.4 Å². The van der Waals surface area contributed by atoms with Gasteiger partial charge in [-0.05, 0) is 18.6 Å². The lowest BCUT2D eigenvalue weighted by Crippen LogP contribution is -2.11. The van der Waals surface area contributed by atoms with Crippen molar-refractivity contribution in [3.63, 3.8) is 0 Å². The predicted octanol–water partition coefficient (Wildman–Crippen LogP) is 2.71. The monoisotopic (exact) mass is 315 g/mol. The molecular weight excluding hydrogens is 303 g/mol. The first-order valence-electron chi connectivity index (χ1n) is 6.31. The molecule has 0 atom stereocenters. The summed E-state index contributed by atoms with van der Waals surface area (Å²) in [7, 11) is 0. The molecule has 0 aliphatic heterocycles. The van der Waals surface area contributed by atoms with Crippen molar-refractivity contribution < 1.29 is 18.1 Å². The predicted molar refractivity (Wildman–Crippen MR) is 71.2 cm³/mol. The summed E-state index contributed by atoms with van der Waals surface area (Å²) in [5.74, 6) is 0. The zero-order valence-electron chi connectivity index (χ0n) is 11.2. The number of alkyl halides is 3. The van der Waals surface area contributed by atoms with Crippen molar-refractivity contribution in [2.45, 2.75) is 19.1 Å². The van der Waals surface area contributed by atoms with Crippen LogP contribution in [0.4, 0.5) is 24.5 Å². The number of nitro benzene ring substituents is 1. The maximum absolute atomic E-state index is 12.8. The molecule has 0 spiro atoms. The fraction of sp³-hybridized carbons (Fsp3) is 0.333. The Morgan fingerprint density at radius 1 is 1.36 bits per heavy atom. The van der Waals surface area contributed by atoms with Crippen LogP contribution in [0.25, 0.3) is 0 Å². The average Bonchev–Trinajstić information content (AvgIpc) is 2.95. The minimum absolute atomic E-state index is 0.177. The standard InChI is InChI=1S/C12H12F3N5O2/c13-12(14,15)10-8-9(2-3-11(10)20(21)22)16-4-1-6-19-7-5-17-18-19/h2-3,5,7-8,16H,1,4,6H2. The molecule has 1 aromatic carbocycles. The summed E-state index contributed by atoms with van der Waals surface area (Å²) in [6.45, 7) is 0.959. The third kappa shape index (κ3) is 3.93. The molecule has 0 fully saturated rings. The Morgan fingerprint density at radius 3 is 2.73 bits per heavy atom. The van der Waals surface area contributed by atoms with Crippen LogP contribution < -0.4 is 5.32 Å². The molecule has 7 nitrogen and oxygen atoms in total. The van der Waals surface area contributed by atoms with Crippen LogP contribution in [0.15, 0.2) is 30.6 Å². The van der Waals surface area contributed by atoms with E-state index in [0.29, 0.717) is 19.5 Å². The Bertz CT molecular complexity index is 643. The number of aromatic nitrogens is 3. The molecule has 0 unspecified atom stereocenters. The summed E-state index contributed by atoms with van der Waals surface area (Å²) >= 11 is 0. The van der Waals surface area contributed by atoms with E-state index in [0.717, 1.165) is 12.1 Å². The maximum atomic E-state index is 12.8. The Balaban J connectivity index is 2.01. The minimum Gasteiger partial charge on any atom is -0.385 e. The molecule has 0 amide bonds. The molecule has 118 valence electrons. The van der Waals surface area contributed by atoms with Gasteiger partial charge in [0.1, 0.15) is 5.56 Å². The Morgan fingerprint density at radius 2 is 2.14 bits per heavy atom. The highest BCUT2D eigenvalue weighted by molar-refractivity contribution is 5.55. The van der Waals surface area contributed by atoms with Crippen LogP contribution in [0, 0.1) is 10.1 Å². The van der Waals surface area contributed by atoms with Gasteiger partial charge in [-0.2, -0.15) is 13.2 Å². The van der Waals surface area contributed by atoms with Crippen molar-refractivity contribution in [1.29, 1.82) is 0 Å². The van der Waals surface area contributed by atoms with Crippen LogP contribution in [-0.4, -0.2) is 26.5 Å². The molecule has 1 heterocycles. The van der Waals surface area contributed by atoms with Crippen LogP contribution in [0.1, 0.15) is 12.0 Å². The van der Waals surface area contributed by atoms with Crippen LogP contribution in [-0.2, 0) is 12.7 Å². The summed E-state index contributed by atoms with van der Waals surface area (Å²) < 4.78 is 40.0. The van der Waals surface area contributed by atoms with Gasteiger partial charge in [0, 0.05) is 31.0 Å². The van der Waals surface area contributed by atoms with Gasteiger partial charge in [0.2, 0.25) is 0 Å². The second-order valence-electron chi connectivity index (χ2n) is 4.43. The number of aryl methyl sites for hydroxylation is 1. The van der Waals surface area contributed by atoms with Gasteiger partial charge in [-0.3, -0.25) is 14.8 Å². The number of nitro groups is 1. The molecule has 0 aliphatic carbocycles. The summed E-state index contributed by atoms with van der Waals surface area (Å²) in [4.78, 5) is 9.60. The first kappa shape index (κ1) is 15.7. The summed E-state index contributed by atoms with van der Waals surface area (Å²) in [5, 5.41) is 20.8. The molecule has 2 aromatic rings. The lowest BCUT2D eigenvalue weighted by molar-refractivity contribution is -0.388. The van der Waals surface area contributed by atoms with Crippen molar-refractivity contribution in [3.05, 3.63) is 46.3 Å². The van der Waals surface area contributed by atoms with Crippen molar-refractivity contribution in [2.24, 2.45) is 0 Å².